The second-order valence-corrected chi connectivity index (χ2v) is 8.45. The zero-order valence-corrected chi connectivity index (χ0v) is 9.92. The Bertz CT molecular complexity index is 355. The molecular formula is C10H13F2NOSi. The van der Waals surface area contributed by atoms with Crippen LogP contribution in [0.4, 0.5) is 8.78 Å². The normalized spacial score (nSPS) is 11.0. The van der Waals surface area contributed by atoms with Crippen molar-refractivity contribution >= 4 is 14.1 Å². The maximum atomic E-state index is 12.7. The third kappa shape index (κ3) is 3.79. The van der Waals surface area contributed by atoms with Gasteiger partial charge in [-0.15, -0.1) is 0 Å². The van der Waals surface area contributed by atoms with Crippen LogP contribution in [0.2, 0.25) is 19.6 Å². The van der Waals surface area contributed by atoms with Gasteiger partial charge < -0.3 is 4.43 Å². The highest BCUT2D eigenvalue weighted by Gasteiger charge is 2.22. The number of aromatic nitrogens is 1. The highest BCUT2D eigenvalue weighted by Crippen LogP contribution is 2.24. The van der Waals surface area contributed by atoms with Gasteiger partial charge in [0.1, 0.15) is 5.69 Å². The van der Waals surface area contributed by atoms with Gasteiger partial charge in [-0.3, -0.25) is 4.98 Å². The molecule has 1 rings (SSSR count). The van der Waals surface area contributed by atoms with Gasteiger partial charge in [0.15, 0.2) is 5.76 Å². The number of halogens is 2. The van der Waals surface area contributed by atoms with E-state index in [2.05, 4.69) is 4.98 Å². The Labute approximate surface area is 88.7 Å². The fourth-order valence-corrected chi connectivity index (χ4v) is 1.79. The first kappa shape index (κ1) is 11.8. The van der Waals surface area contributed by atoms with Gasteiger partial charge in [0.2, 0.25) is 8.32 Å². The van der Waals surface area contributed by atoms with Crippen molar-refractivity contribution in [2.45, 2.75) is 19.6 Å². The maximum Gasteiger partial charge on any atom is 0.312 e. The Hall–Kier alpha value is -1.23. The molecule has 5 heteroatoms. The van der Waals surface area contributed by atoms with Crippen molar-refractivity contribution in [1.82, 2.24) is 4.98 Å². The molecule has 0 aromatic carbocycles. The molecule has 0 unspecified atom stereocenters. The van der Waals surface area contributed by atoms with Crippen LogP contribution in [0.5, 0.6) is 0 Å². The number of nitrogens with zero attached hydrogens (tertiary/aromatic N) is 1. The average Bonchev–Trinajstić information content (AvgIpc) is 2.14. The fraction of sp³-hybridized carbons (Fsp3) is 0.300. The molecule has 0 spiro atoms. The van der Waals surface area contributed by atoms with E-state index in [0.29, 0.717) is 0 Å². The Morgan fingerprint density at radius 2 is 1.93 bits per heavy atom. The van der Waals surface area contributed by atoms with Crippen molar-refractivity contribution in [2.75, 3.05) is 0 Å². The molecule has 15 heavy (non-hydrogen) atoms. The summed E-state index contributed by atoms with van der Waals surface area (Å²) < 4.78 is 30.6. The molecule has 0 bridgehead atoms. The van der Waals surface area contributed by atoms with E-state index >= 15 is 0 Å². The van der Waals surface area contributed by atoms with Crippen LogP contribution in [0.1, 0.15) is 5.69 Å². The van der Waals surface area contributed by atoms with E-state index < -0.39 is 20.2 Å². The molecule has 0 saturated carbocycles. The summed E-state index contributed by atoms with van der Waals surface area (Å²) in [7, 11) is -2.04. The molecule has 82 valence electrons. The zero-order valence-electron chi connectivity index (χ0n) is 8.92. The number of hydrogen-bond acceptors (Lipinski definition) is 2. The molecule has 0 radical (unpaired) electrons. The highest BCUT2D eigenvalue weighted by molar-refractivity contribution is 6.70. The van der Waals surface area contributed by atoms with Crippen molar-refractivity contribution in [1.29, 1.82) is 0 Å². The van der Waals surface area contributed by atoms with Crippen LogP contribution in [-0.4, -0.2) is 13.3 Å². The van der Waals surface area contributed by atoms with E-state index in [4.69, 9.17) is 4.43 Å². The van der Waals surface area contributed by atoms with Crippen LogP contribution in [0.25, 0.3) is 5.76 Å². The second kappa shape index (κ2) is 4.52. The highest BCUT2D eigenvalue weighted by atomic mass is 28.4. The lowest BCUT2D eigenvalue weighted by Gasteiger charge is -2.20. The molecule has 0 aliphatic heterocycles. The van der Waals surface area contributed by atoms with Gasteiger partial charge in [-0.05, 0) is 31.8 Å². The van der Waals surface area contributed by atoms with E-state index in [1.165, 1.54) is 12.3 Å². The first-order chi connectivity index (χ1) is 6.90. The standard InChI is InChI=1S/C10H13F2NOSi/c1-15(2,3)14-9(10(11)12)8-6-4-5-7-13-8/h4-7H,1-3H3. The van der Waals surface area contributed by atoms with E-state index in [1.54, 1.807) is 12.1 Å². The summed E-state index contributed by atoms with van der Waals surface area (Å²) in [6.07, 6.45) is -0.359. The smallest absolute Gasteiger partial charge is 0.312 e. The van der Waals surface area contributed by atoms with Gasteiger partial charge in [-0.2, -0.15) is 8.78 Å². The minimum absolute atomic E-state index is 0.180. The van der Waals surface area contributed by atoms with Crippen molar-refractivity contribution < 1.29 is 13.2 Å². The van der Waals surface area contributed by atoms with Crippen molar-refractivity contribution in [3.05, 3.63) is 36.2 Å². The van der Waals surface area contributed by atoms with E-state index in [1.807, 2.05) is 19.6 Å². The summed E-state index contributed by atoms with van der Waals surface area (Å²) in [5.41, 5.74) is 0.180. The second-order valence-electron chi connectivity index (χ2n) is 4.02. The molecule has 0 aliphatic rings. The Morgan fingerprint density at radius 1 is 1.27 bits per heavy atom. The lowest BCUT2D eigenvalue weighted by molar-refractivity contribution is 0.383. The van der Waals surface area contributed by atoms with Crippen LogP contribution < -0.4 is 0 Å². The lowest BCUT2D eigenvalue weighted by atomic mass is 10.3. The SMILES string of the molecule is C[Si](C)(C)OC(=C(F)F)c1ccccn1. The summed E-state index contributed by atoms with van der Waals surface area (Å²) in [5, 5.41) is 0. The van der Waals surface area contributed by atoms with Crippen molar-refractivity contribution in [3.8, 4) is 0 Å². The first-order valence-electron chi connectivity index (χ1n) is 4.56. The minimum atomic E-state index is -2.04. The molecule has 0 amide bonds. The van der Waals surface area contributed by atoms with E-state index in [0.717, 1.165) is 0 Å². The third-order valence-corrected chi connectivity index (χ3v) is 2.29. The van der Waals surface area contributed by atoms with Crippen molar-refractivity contribution in [2.24, 2.45) is 0 Å². The summed E-state index contributed by atoms with van der Waals surface area (Å²) in [6, 6.07) is 4.83. The van der Waals surface area contributed by atoms with Crippen LogP contribution in [0.3, 0.4) is 0 Å². The third-order valence-electron chi connectivity index (χ3n) is 1.48. The molecule has 0 atom stereocenters. The Balaban J connectivity index is 3.02. The monoisotopic (exact) mass is 229 g/mol. The molecule has 0 N–H and O–H groups in total. The van der Waals surface area contributed by atoms with Gasteiger partial charge in [0.05, 0.1) is 0 Å². The van der Waals surface area contributed by atoms with Crippen molar-refractivity contribution in [3.63, 3.8) is 0 Å². The number of hydrogen-bond donors (Lipinski definition) is 0. The lowest BCUT2D eigenvalue weighted by Crippen LogP contribution is -2.24. The molecule has 2 nitrogen and oxygen atoms in total. The van der Waals surface area contributed by atoms with Crippen LogP contribution in [-0.2, 0) is 4.43 Å². The van der Waals surface area contributed by atoms with Gasteiger partial charge in [-0.1, -0.05) is 6.07 Å². The summed E-state index contributed by atoms with van der Waals surface area (Å²) in [4.78, 5) is 3.84. The largest absolute Gasteiger partial charge is 0.539 e. The molecule has 0 fully saturated rings. The first-order valence-corrected chi connectivity index (χ1v) is 7.96. The summed E-state index contributed by atoms with van der Waals surface area (Å²) in [6.45, 7) is 5.54. The minimum Gasteiger partial charge on any atom is -0.539 e. The molecule has 1 aromatic heterocycles. The van der Waals surface area contributed by atoms with E-state index in [-0.39, 0.29) is 5.69 Å². The average molecular weight is 229 g/mol. The predicted octanol–water partition coefficient (Wildman–Crippen LogP) is 3.50. The van der Waals surface area contributed by atoms with E-state index in [9.17, 15) is 8.78 Å². The summed E-state index contributed by atoms with van der Waals surface area (Å²) >= 11 is 0. The van der Waals surface area contributed by atoms with Gasteiger partial charge in [0.25, 0.3) is 0 Å². The Morgan fingerprint density at radius 3 is 2.33 bits per heavy atom. The fourth-order valence-electron chi connectivity index (χ4n) is 0.991. The molecule has 1 heterocycles. The number of pyridine rings is 1. The molecule has 0 aliphatic carbocycles. The van der Waals surface area contributed by atoms with Crippen LogP contribution in [0.15, 0.2) is 30.5 Å². The van der Waals surface area contributed by atoms with Gasteiger partial charge in [0, 0.05) is 6.20 Å². The van der Waals surface area contributed by atoms with Crippen LogP contribution >= 0.6 is 0 Å². The molecular weight excluding hydrogens is 216 g/mol. The Kier molecular flexibility index (Phi) is 3.57. The molecule has 1 aromatic rings. The summed E-state index contributed by atoms with van der Waals surface area (Å²) in [5.74, 6) is -0.394. The maximum absolute atomic E-state index is 12.7. The molecule has 0 saturated heterocycles. The van der Waals surface area contributed by atoms with Crippen LogP contribution in [0, 0.1) is 0 Å². The van der Waals surface area contributed by atoms with Gasteiger partial charge >= 0.3 is 6.08 Å². The number of rotatable bonds is 3. The predicted molar refractivity (Wildman–Crippen MR) is 57.8 cm³/mol. The quantitative estimate of drug-likeness (QED) is 0.584. The van der Waals surface area contributed by atoms with Gasteiger partial charge in [-0.25, -0.2) is 0 Å². The zero-order chi connectivity index (χ0) is 11.5. The topological polar surface area (TPSA) is 22.1 Å².